The molecule has 0 bridgehead atoms. The third-order valence-electron chi connectivity index (χ3n) is 4.22. The first-order valence-electron chi connectivity index (χ1n) is 7.91. The fourth-order valence-corrected chi connectivity index (χ4v) is 2.76. The van der Waals surface area contributed by atoms with Gasteiger partial charge >= 0.3 is 0 Å². The average molecular weight is 326 g/mol. The highest BCUT2D eigenvalue weighted by atomic mass is 19.3. The second-order valence-corrected chi connectivity index (χ2v) is 5.96. The Morgan fingerprint density at radius 3 is 2.57 bits per heavy atom. The smallest absolute Gasteiger partial charge is 0.255 e. The van der Waals surface area contributed by atoms with Crippen molar-refractivity contribution in [2.45, 2.75) is 37.7 Å². The van der Waals surface area contributed by atoms with E-state index in [9.17, 15) is 13.6 Å². The van der Waals surface area contributed by atoms with Crippen LogP contribution in [0.25, 0.3) is 0 Å². The maximum Gasteiger partial charge on any atom is 0.255 e. The first-order chi connectivity index (χ1) is 11.0. The zero-order valence-electron chi connectivity index (χ0n) is 12.8. The first-order valence-corrected chi connectivity index (χ1v) is 7.91. The minimum Gasteiger partial charge on any atom is -0.474 e. The number of amides is 1. The summed E-state index contributed by atoms with van der Waals surface area (Å²) < 4.78 is 37.3. The van der Waals surface area contributed by atoms with Crippen molar-refractivity contribution >= 4 is 5.91 Å². The lowest BCUT2D eigenvalue weighted by atomic mass is 10.1. The van der Waals surface area contributed by atoms with Gasteiger partial charge in [-0.15, -0.1) is 0 Å². The van der Waals surface area contributed by atoms with E-state index in [-0.39, 0.29) is 37.9 Å². The molecule has 3 rings (SSSR count). The van der Waals surface area contributed by atoms with Crippen LogP contribution in [-0.4, -0.2) is 54.1 Å². The number of halogens is 2. The zero-order valence-corrected chi connectivity index (χ0v) is 12.8. The van der Waals surface area contributed by atoms with Gasteiger partial charge in [0.15, 0.2) is 0 Å². The summed E-state index contributed by atoms with van der Waals surface area (Å²) in [6.07, 6.45) is 2.62. The Balaban J connectivity index is 1.57. The molecule has 0 radical (unpaired) electrons. The number of carbonyl (C=O) groups is 1. The van der Waals surface area contributed by atoms with Gasteiger partial charge in [-0.25, -0.2) is 13.8 Å². The molecule has 1 amide bonds. The van der Waals surface area contributed by atoms with E-state index in [1.165, 1.54) is 11.1 Å². The van der Waals surface area contributed by atoms with Crippen LogP contribution in [0.5, 0.6) is 5.88 Å². The van der Waals surface area contributed by atoms with Crippen LogP contribution in [0.3, 0.4) is 0 Å². The molecule has 1 aromatic heterocycles. The summed E-state index contributed by atoms with van der Waals surface area (Å²) in [5, 5.41) is 0. The highest BCUT2D eigenvalue weighted by molar-refractivity contribution is 5.94. The molecule has 2 saturated heterocycles. The lowest BCUT2D eigenvalue weighted by molar-refractivity contribution is -0.0494. The monoisotopic (exact) mass is 326 g/mol. The molecule has 23 heavy (non-hydrogen) atoms. The summed E-state index contributed by atoms with van der Waals surface area (Å²) >= 11 is 0. The van der Waals surface area contributed by atoms with Crippen molar-refractivity contribution in [3.63, 3.8) is 0 Å². The minimum atomic E-state index is -2.66. The van der Waals surface area contributed by atoms with Gasteiger partial charge in [-0.3, -0.25) is 4.79 Å². The molecule has 7 heteroatoms. The van der Waals surface area contributed by atoms with Gasteiger partial charge in [-0.2, -0.15) is 0 Å². The Morgan fingerprint density at radius 2 is 1.96 bits per heavy atom. The summed E-state index contributed by atoms with van der Waals surface area (Å²) in [5.74, 6) is -2.44. The molecule has 2 aliphatic heterocycles. The summed E-state index contributed by atoms with van der Waals surface area (Å²) in [6, 6.07) is 3.29. The average Bonchev–Trinajstić information content (AvgIpc) is 2.56. The van der Waals surface area contributed by atoms with E-state index in [2.05, 4.69) is 4.98 Å². The standard InChI is InChI=1S/C16H20F2N2O3/c17-16(18)5-7-20(8-6-16)15(21)12-1-2-14(19-11-12)23-13-3-9-22-10-4-13/h1-2,11,13H,3-10H2. The summed E-state index contributed by atoms with van der Waals surface area (Å²) in [7, 11) is 0. The molecule has 126 valence electrons. The highest BCUT2D eigenvalue weighted by Crippen LogP contribution is 2.28. The minimum absolute atomic E-state index is 0.0756. The van der Waals surface area contributed by atoms with Crippen molar-refractivity contribution in [1.82, 2.24) is 9.88 Å². The van der Waals surface area contributed by atoms with Crippen molar-refractivity contribution in [2.75, 3.05) is 26.3 Å². The Labute approximate surface area is 133 Å². The van der Waals surface area contributed by atoms with Gasteiger partial charge in [-0.1, -0.05) is 0 Å². The maximum absolute atomic E-state index is 13.1. The fourth-order valence-electron chi connectivity index (χ4n) is 2.76. The van der Waals surface area contributed by atoms with E-state index >= 15 is 0 Å². The van der Waals surface area contributed by atoms with E-state index in [1.54, 1.807) is 12.1 Å². The third kappa shape index (κ3) is 4.16. The number of hydrogen-bond acceptors (Lipinski definition) is 4. The van der Waals surface area contributed by atoms with E-state index < -0.39 is 5.92 Å². The number of carbonyl (C=O) groups excluding carboxylic acids is 1. The Bertz CT molecular complexity index is 535. The number of alkyl halides is 2. The van der Waals surface area contributed by atoms with Gasteiger partial charge in [0, 0.05) is 51.0 Å². The third-order valence-corrected chi connectivity index (χ3v) is 4.22. The number of aromatic nitrogens is 1. The van der Waals surface area contributed by atoms with Gasteiger partial charge < -0.3 is 14.4 Å². The van der Waals surface area contributed by atoms with E-state index in [1.807, 2.05) is 0 Å². The predicted molar refractivity (Wildman–Crippen MR) is 78.8 cm³/mol. The number of nitrogens with zero attached hydrogens (tertiary/aromatic N) is 2. The van der Waals surface area contributed by atoms with Crippen molar-refractivity contribution in [3.8, 4) is 5.88 Å². The van der Waals surface area contributed by atoms with Gasteiger partial charge in [0.1, 0.15) is 6.10 Å². The molecule has 0 atom stereocenters. The van der Waals surface area contributed by atoms with Crippen molar-refractivity contribution < 1.29 is 23.0 Å². The molecule has 2 aliphatic rings. The lowest BCUT2D eigenvalue weighted by Gasteiger charge is -2.31. The van der Waals surface area contributed by atoms with Gasteiger partial charge in [-0.05, 0) is 6.07 Å². The number of likely N-dealkylation sites (tertiary alicyclic amines) is 1. The lowest BCUT2D eigenvalue weighted by Crippen LogP contribution is -2.42. The first kappa shape index (κ1) is 16.1. The van der Waals surface area contributed by atoms with Crippen molar-refractivity contribution in [1.29, 1.82) is 0 Å². The number of hydrogen-bond donors (Lipinski definition) is 0. The quantitative estimate of drug-likeness (QED) is 0.856. The Kier molecular flexibility index (Phi) is 4.75. The Hall–Kier alpha value is -1.76. The maximum atomic E-state index is 13.1. The largest absolute Gasteiger partial charge is 0.474 e. The molecule has 5 nitrogen and oxygen atoms in total. The molecule has 0 aliphatic carbocycles. The molecule has 0 N–H and O–H groups in total. The molecule has 0 saturated carbocycles. The number of ether oxygens (including phenoxy) is 2. The van der Waals surface area contributed by atoms with Crippen LogP contribution in [-0.2, 0) is 4.74 Å². The summed E-state index contributed by atoms with van der Waals surface area (Å²) in [5.41, 5.74) is 0.398. The molecular weight excluding hydrogens is 306 g/mol. The van der Waals surface area contributed by atoms with E-state index in [0.717, 1.165) is 12.8 Å². The normalized spacial score (nSPS) is 21.9. The zero-order chi connectivity index (χ0) is 16.3. The molecule has 0 unspecified atom stereocenters. The van der Waals surface area contributed by atoms with Gasteiger partial charge in [0.2, 0.25) is 5.88 Å². The van der Waals surface area contributed by atoms with Crippen LogP contribution >= 0.6 is 0 Å². The van der Waals surface area contributed by atoms with Crippen LogP contribution in [0.1, 0.15) is 36.0 Å². The van der Waals surface area contributed by atoms with Crippen LogP contribution in [0.4, 0.5) is 8.78 Å². The van der Waals surface area contributed by atoms with E-state index in [4.69, 9.17) is 9.47 Å². The SMILES string of the molecule is O=C(c1ccc(OC2CCOCC2)nc1)N1CCC(F)(F)CC1. The molecule has 3 heterocycles. The van der Waals surface area contributed by atoms with Crippen LogP contribution < -0.4 is 4.74 Å². The van der Waals surface area contributed by atoms with Crippen molar-refractivity contribution in [3.05, 3.63) is 23.9 Å². The second-order valence-electron chi connectivity index (χ2n) is 5.96. The number of pyridine rings is 1. The van der Waals surface area contributed by atoms with Crippen LogP contribution in [0, 0.1) is 0 Å². The molecule has 2 fully saturated rings. The van der Waals surface area contributed by atoms with Gasteiger partial charge in [0.05, 0.1) is 18.8 Å². The topological polar surface area (TPSA) is 51.7 Å². The highest BCUT2D eigenvalue weighted by Gasteiger charge is 2.35. The molecule has 0 aromatic carbocycles. The van der Waals surface area contributed by atoms with Crippen molar-refractivity contribution in [2.24, 2.45) is 0 Å². The Morgan fingerprint density at radius 1 is 1.26 bits per heavy atom. The van der Waals surface area contributed by atoms with Gasteiger partial charge in [0.25, 0.3) is 11.8 Å². The summed E-state index contributed by atoms with van der Waals surface area (Å²) in [6.45, 7) is 1.51. The van der Waals surface area contributed by atoms with Crippen LogP contribution in [0.2, 0.25) is 0 Å². The second kappa shape index (κ2) is 6.78. The predicted octanol–water partition coefficient (Wildman–Crippen LogP) is 2.51. The summed E-state index contributed by atoms with van der Waals surface area (Å²) in [4.78, 5) is 17.9. The number of piperidine rings is 1. The van der Waals surface area contributed by atoms with E-state index in [0.29, 0.717) is 24.7 Å². The molecule has 1 aromatic rings. The van der Waals surface area contributed by atoms with Crippen LogP contribution in [0.15, 0.2) is 18.3 Å². The molecule has 0 spiro atoms. The fraction of sp³-hybridized carbons (Fsp3) is 0.625. The molecular formula is C16H20F2N2O3. The number of rotatable bonds is 3.